The maximum Gasteiger partial charge on any atom is 0.0715 e. The van der Waals surface area contributed by atoms with Crippen LogP contribution in [0.2, 0.25) is 5.02 Å². The predicted octanol–water partition coefficient (Wildman–Crippen LogP) is 5.80. The Labute approximate surface area is 145 Å². The van der Waals surface area contributed by atoms with Crippen molar-refractivity contribution < 1.29 is 0 Å². The third kappa shape index (κ3) is 2.72. The van der Waals surface area contributed by atoms with Crippen LogP contribution in [0.15, 0.2) is 78.9 Å². The molecular formula is C21H15ClN2. The van der Waals surface area contributed by atoms with Crippen LogP contribution in [0.3, 0.4) is 0 Å². The first-order chi connectivity index (χ1) is 11.7. The molecule has 0 fully saturated rings. The number of halogens is 1. The van der Waals surface area contributed by atoms with Crippen molar-refractivity contribution in [3.8, 4) is 22.4 Å². The molecule has 4 aromatic rings. The van der Waals surface area contributed by atoms with Crippen LogP contribution in [0, 0.1) is 0 Å². The zero-order valence-corrected chi connectivity index (χ0v) is 13.7. The maximum absolute atomic E-state index is 6.11. The van der Waals surface area contributed by atoms with Crippen molar-refractivity contribution in [1.29, 1.82) is 0 Å². The summed E-state index contributed by atoms with van der Waals surface area (Å²) in [6, 6.07) is 26.1. The number of pyridine rings is 1. The van der Waals surface area contributed by atoms with E-state index in [1.807, 2.05) is 36.4 Å². The van der Waals surface area contributed by atoms with Gasteiger partial charge in [0.15, 0.2) is 0 Å². The van der Waals surface area contributed by atoms with Crippen LogP contribution in [0.25, 0.3) is 33.3 Å². The summed E-state index contributed by atoms with van der Waals surface area (Å²) in [6.45, 7) is 0. The molecule has 2 N–H and O–H groups in total. The smallest absolute Gasteiger partial charge is 0.0715 e. The predicted molar refractivity (Wildman–Crippen MR) is 102 cm³/mol. The van der Waals surface area contributed by atoms with E-state index in [0.29, 0.717) is 10.7 Å². The van der Waals surface area contributed by atoms with Crippen molar-refractivity contribution in [2.24, 2.45) is 0 Å². The summed E-state index contributed by atoms with van der Waals surface area (Å²) in [4.78, 5) is 4.81. The Bertz CT molecular complexity index is 1030. The van der Waals surface area contributed by atoms with Gasteiger partial charge in [-0.25, -0.2) is 4.98 Å². The van der Waals surface area contributed by atoms with Crippen molar-refractivity contribution in [3.05, 3.63) is 83.9 Å². The number of anilines is 1. The van der Waals surface area contributed by atoms with Crippen LogP contribution in [-0.4, -0.2) is 4.98 Å². The first-order valence-corrected chi connectivity index (χ1v) is 8.10. The average Bonchev–Trinajstić information content (AvgIpc) is 2.61. The molecule has 116 valence electrons. The fraction of sp³-hybridized carbons (Fsp3) is 0. The third-order valence-electron chi connectivity index (χ3n) is 4.09. The largest absolute Gasteiger partial charge is 0.398 e. The number of hydrogen-bond acceptors (Lipinski definition) is 2. The quantitative estimate of drug-likeness (QED) is 0.471. The highest BCUT2D eigenvalue weighted by molar-refractivity contribution is 6.31. The molecule has 4 rings (SSSR count). The van der Waals surface area contributed by atoms with Crippen molar-refractivity contribution in [3.63, 3.8) is 0 Å². The summed E-state index contributed by atoms with van der Waals surface area (Å²) in [6.07, 6.45) is 0. The van der Waals surface area contributed by atoms with E-state index in [1.54, 1.807) is 6.07 Å². The van der Waals surface area contributed by atoms with Gasteiger partial charge in [-0.3, -0.25) is 0 Å². The maximum atomic E-state index is 6.11. The van der Waals surface area contributed by atoms with E-state index in [9.17, 15) is 0 Å². The molecule has 1 heterocycles. The van der Waals surface area contributed by atoms with Gasteiger partial charge in [0.05, 0.1) is 11.2 Å². The molecule has 0 radical (unpaired) electrons. The van der Waals surface area contributed by atoms with E-state index >= 15 is 0 Å². The van der Waals surface area contributed by atoms with E-state index in [-0.39, 0.29) is 0 Å². The first-order valence-electron chi connectivity index (χ1n) is 7.72. The van der Waals surface area contributed by atoms with Gasteiger partial charge in [-0.1, -0.05) is 66.2 Å². The monoisotopic (exact) mass is 330 g/mol. The molecule has 1 aromatic heterocycles. The molecule has 0 spiro atoms. The lowest BCUT2D eigenvalue weighted by Crippen LogP contribution is -1.91. The third-order valence-corrected chi connectivity index (χ3v) is 4.32. The van der Waals surface area contributed by atoms with Crippen LogP contribution in [0.1, 0.15) is 0 Å². The zero-order valence-electron chi connectivity index (χ0n) is 12.9. The summed E-state index contributed by atoms with van der Waals surface area (Å²) in [7, 11) is 0. The number of nitrogen functional groups attached to an aromatic ring is 1. The molecule has 3 aromatic carbocycles. The molecule has 0 saturated heterocycles. The summed E-state index contributed by atoms with van der Waals surface area (Å²) in [5.41, 5.74) is 11.8. The van der Waals surface area contributed by atoms with Crippen LogP contribution >= 0.6 is 11.6 Å². The number of aromatic nitrogens is 1. The molecule has 0 saturated carbocycles. The Morgan fingerprint density at radius 1 is 0.750 bits per heavy atom. The lowest BCUT2D eigenvalue weighted by molar-refractivity contribution is 1.40. The minimum atomic E-state index is 0.640. The zero-order chi connectivity index (χ0) is 16.5. The average molecular weight is 331 g/mol. The minimum Gasteiger partial charge on any atom is -0.398 e. The van der Waals surface area contributed by atoms with Gasteiger partial charge in [0, 0.05) is 27.2 Å². The van der Waals surface area contributed by atoms with Gasteiger partial charge in [-0.15, -0.1) is 0 Å². The molecule has 0 aliphatic rings. The van der Waals surface area contributed by atoms with Gasteiger partial charge in [0.2, 0.25) is 0 Å². The number of fused-ring (bicyclic) bond motifs is 1. The molecule has 0 amide bonds. The first kappa shape index (κ1) is 14.7. The Morgan fingerprint density at radius 3 is 2.33 bits per heavy atom. The topological polar surface area (TPSA) is 38.9 Å². The standard InChI is InChI=1S/C21H15ClN2/c22-17-9-10-18(19(23)13-17)16-7-6-15-8-11-20(24-21(15)12-16)14-4-2-1-3-5-14/h1-13H,23H2. The highest BCUT2D eigenvalue weighted by Crippen LogP contribution is 2.31. The summed E-state index contributed by atoms with van der Waals surface area (Å²) in [5.74, 6) is 0. The number of hydrogen-bond donors (Lipinski definition) is 1. The summed E-state index contributed by atoms with van der Waals surface area (Å²) in [5, 5.41) is 1.74. The molecule has 2 nitrogen and oxygen atoms in total. The fourth-order valence-electron chi connectivity index (χ4n) is 2.85. The SMILES string of the molecule is Nc1cc(Cl)ccc1-c1ccc2ccc(-c3ccccc3)nc2c1. The van der Waals surface area contributed by atoms with E-state index < -0.39 is 0 Å². The van der Waals surface area contributed by atoms with Gasteiger partial charge in [0.1, 0.15) is 0 Å². The van der Waals surface area contributed by atoms with E-state index in [0.717, 1.165) is 33.3 Å². The highest BCUT2D eigenvalue weighted by atomic mass is 35.5. The van der Waals surface area contributed by atoms with E-state index in [1.165, 1.54) is 0 Å². The number of benzene rings is 3. The molecular weight excluding hydrogens is 316 g/mol. The van der Waals surface area contributed by atoms with Crippen molar-refractivity contribution >= 4 is 28.2 Å². The number of rotatable bonds is 2. The van der Waals surface area contributed by atoms with E-state index in [4.69, 9.17) is 22.3 Å². The van der Waals surface area contributed by atoms with Gasteiger partial charge in [-0.2, -0.15) is 0 Å². The Hall–Kier alpha value is -2.84. The molecule has 0 atom stereocenters. The normalized spacial score (nSPS) is 10.9. The Kier molecular flexibility index (Phi) is 3.68. The van der Waals surface area contributed by atoms with Crippen LogP contribution < -0.4 is 5.73 Å². The van der Waals surface area contributed by atoms with Crippen molar-refractivity contribution in [2.75, 3.05) is 5.73 Å². The van der Waals surface area contributed by atoms with Crippen LogP contribution in [-0.2, 0) is 0 Å². The Balaban J connectivity index is 1.85. The summed E-state index contributed by atoms with van der Waals surface area (Å²) >= 11 is 6.00. The van der Waals surface area contributed by atoms with Crippen LogP contribution in [0.4, 0.5) is 5.69 Å². The highest BCUT2D eigenvalue weighted by Gasteiger charge is 2.06. The van der Waals surface area contributed by atoms with E-state index in [2.05, 4.69) is 36.4 Å². The second-order valence-corrected chi connectivity index (χ2v) is 6.14. The Morgan fingerprint density at radius 2 is 1.54 bits per heavy atom. The molecule has 0 bridgehead atoms. The molecule has 0 aliphatic carbocycles. The minimum absolute atomic E-state index is 0.640. The lowest BCUT2D eigenvalue weighted by Gasteiger charge is -2.09. The van der Waals surface area contributed by atoms with Gasteiger partial charge < -0.3 is 5.73 Å². The lowest BCUT2D eigenvalue weighted by atomic mass is 10.0. The molecule has 0 aliphatic heterocycles. The fourth-order valence-corrected chi connectivity index (χ4v) is 3.03. The van der Waals surface area contributed by atoms with Gasteiger partial charge in [-0.05, 0) is 29.8 Å². The molecule has 24 heavy (non-hydrogen) atoms. The number of nitrogens with zero attached hydrogens (tertiary/aromatic N) is 1. The van der Waals surface area contributed by atoms with Crippen molar-refractivity contribution in [1.82, 2.24) is 4.98 Å². The second-order valence-electron chi connectivity index (χ2n) is 5.70. The van der Waals surface area contributed by atoms with Gasteiger partial charge in [0.25, 0.3) is 0 Å². The van der Waals surface area contributed by atoms with Crippen LogP contribution in [0.5, 0.6) is 0 Å². The van der Waals surface area contributed by atoms with Crippen molar-refractivity contribution in [2.45, 2.75) is 0 Å². The number of nitrogens with two attached hydrogens (primary N) is 1. The second kappa shape index (κ2) is 5.99. The molecule has 0 unspecified atom stereocenters. The molecule has 3 heteroatoms. The van der Waals surface area contributed by atoms with Gasteiger partial charge >= 0.3 is 0 Å². The summed E-state index contributed by atoms with van der Waals surface area (Å²) < 4.78 is 0.